The van der Waals surface area contributed by atoms with E-state index in [4.69, 9.17) is 0 Å². The molecule has 1 heteroatoms. The molecule has 2 aromatic carbocycles. The van der Waals surface area contributed by atoms with Crippen molar-refractivity contribution >= 4 is 10.8 Å². The summed E-state index contributed by atoms with van der Waals surface area (Å²) in [5.74, 6) is 0.763. The summed E-state index contributed by atoms with van der Waals surface area (Å²) < 4.78 is 0. The van der Waals surface area contributed by atoms with Crippen LogP contribution < -0.4 is 0 Å². The van der Waals surface area contributed by atoms with Gasteiger partial charge in [-0.15, -0.1) is 0 Å². The fourth-order valence-corrected chi connectivity index (χ4v) is 1.89. The van der Waals surface area contributed by atoms with Gasteiger partial charge in [0.05, 0.1) is 0 Å². The maximum Gasteiger partial charge on any atom is 0.119 e. The van der Waals surface area contributed by atoms with Gasteiger partial charge in [-0.25, -0.2) is 0 Å². The predicted octanol–water partition coefficient (Wildman–Crippen LogP) is 3.98. The molecule has 1 nitrogen and oxygen atoms in total. The van der Waals surface area contributed by atoms with Gasteiger partial charge in [-0.05, 0) is 41.3 Å². The number of hydrogen-bond acceptors (Lipinski definition) is 1. The average Bonchev–Trinajstić information content (AvgIpc) is 2.15. The summed E-state index contributed by atoms with van der Waals surface area (Å²) in [6, 6.07) is 10.2. The van der Waals surface area contributed by atoms with E-state index in [2.05, 4.69) is 45.0 Å². The lowest BCUT2D eigenvalue weighted by Crippen LogP contribution is -1.88. The Bertz CT molecular complexity index is 498. The minimum Gasteiger partial charge on any atom is -0.508 e. The lowest BCUT2D eigenvalue weighted by Gasteiger charge is -2.10. The minimum absolute atomic E-state index is 0.357. The van der Waals surface area contributed by atoms with Gasteiger partial charge in [0, 0.05) is 0 Å². The van der Waals surface area contributed by atoms with E-state index in [1.54, 1.807) is 0 Å². The third-order valence-electron chi connectivity index (χ3n) is 2.76. The second-order valence-corrected chi connectivity index (χ2v) is 4.42. The van der Waals surface area contributed by atoms with Crippen LogP contribution in [-0.4, -0.2) is 5.11 Å². The Labute approximate surface area is 90.4 Å². The molecular weight excluding hydrogens is 184 g/mol. The van der Waals surface area contributed by atoms with Crippen molar-refractivity contribution in [3.8, 4) is 5.75 Å². The number of hydrogen-bond donors (Lipinski definition) is 1. The van der Waals surface area contributed by atoms with Crippen molar-refractivity contribution in [3.63, 3.8) is 0 Å². The molecule has 0 atom stereocenters. The van der Waals surface area contributed by atoms with Crippen molar-refractivity contribution in [2.24, 2.45) is 0 Å². The summed E-state index contributed by atoms with van der Waals surface area (Å²) >= 11 is 0. The highest BCUT2D eigenvalue weighted by Gasteiger charge is 2.07. The standard InChI is InChI=1S/C14H16O/c1-9(2)13-7-11-5-4-10(3)6-12(11)8-14(13)15/h4-9,15H,1-3H3. The van der Waals surface area contributed by atoms with Crippen LogP contribution in [0.25, 0.3) is 10.8 Å². The molecule has 0 saturated heterocycles. The minimum atomic E-state index is 0.357. The molecule has 0 aliphatic heterocycles. The molecule has 2 rings (SSSR count). The molecule has 0 aliphatic rings. The van der Waals surface area contributed by atoms with Gasteiger partial charge in [0.25, 0.3) is 0 Å². The highest BCUT2D eigenvalue weighted by molar-refractivity contribution is 5.85. The van der Waals surface area contributed by atoms with E-state index in [9.17, 15) is 5.11 Å². The Morgan fingerprint density at radius 2 is 1.73 bits per heavy atom. The van der Waals surface area contributed by atoms with Gasteiger partial charge >= 0.3 is 0 Å². The Hall–Kier alpha value is -1.50. The fraction of sp³-hybridized carbons (Fsp3) is 0.286. The first-order valence-electron chi connectivity index (χ1n) is 5.31. The van der Waals surface area contributed by atoms with Crippen molar-refractivity contribution in [1.82, 2.24) is 0 Å². The number of phenols is 1. The molecule has 0 bridgehead atoms. The van der Waals surface area contributed by atoms with E-state index in [1.807, 2.05) is 6.07 Å². The largest absolute Gasteiger partial charge is 0.508 e. The first-order valence-corrected chi connectivity index (χ1v) is 5.31. The average molecular weight is 200 g/mol. The second-order valence-electron chi connectivity index (χ2n) is 4.42. The first-order chi connectivity index (χ1) is 7.08. The van der Waals surface area contributed by atoms with Crippen molar-refractivity contribution in [1.29, 1.82) is 0 Å². The zero-order chi connectivity index (χ0) is 11.0. The summed E-state index contributed by atoms with van der Waals surface area (Å²) in [6.07, 6.45) is 0. The number of phenolic OH excluding ortho intramolecular Hbond substituents is 1. The predicted molar refractivity (Wildman–Crippen MR) is 64.4 cm³/mol. The Morgan fingerprint density at radius 3 is 2.40 bits per heavy atom. The van der Waals surface area contributed by atoms with Crippen LogP contribution in [0.5, 0.6) is 5.75 Å². The lowest BCUT2D eigenvalue weighted by molar-refractivity contribution is 0.466. The molecule has 1 N–H and O–H groups in total. The Morgan fingerprint density at radius 1 is 1.00 bits per heavy atom. The van der Waals surface area contributed by atoms with Gasteiger partial charge < -0.3 is 5.11 Å². The van der Waals surface area contributed by atoms with Gasteiger partial charge in [0.1, 0.15) is 5.75 Å². The van der Waals surface area contributed by atoms with Gasteiger partial charge in [0.2, 0.25) is 0 Å². The van der Waals surface area contributed by atoms with Gasteiger partial charge in [-0.2, -0.15) is 0 Å². The lowest BCUT2D eigenvalue weighted by atomic mass is 9.97. The first kappa shape index (κ1) is 10.0. The molecule has 0 unspecified atom stereocenters. The molecule has 0 amide bonds. The smallest absolute Gasteiger partial charge is 0.119 e. The normalized spacial score (nSPS) is 11.2. The molecule has 0 radical (unpaired) electrons. The molecule has 78 valence electrons. The maximum atomic E-state index is 9.87. The number of benzene rings is 2. The summed E-state index contributed by atoms with van der Waals surface area (Å²) in [7, 11) is 0. The van der Waals surface area contributed by atoms with Crippen LogP contribution in [0.3, 0.4) is 0 Å². The van der Waals surface area contributed by atoms with Crippen molar-refractivity contribution in [3.05, 3.63) is 41.5 Å². The zero-order valence-corrected chi connectivity index (χ0v) is 9.41. The molecule has 0 spiro atoms. The van der Waals surface area contributed by atoms with Gasteiger partial charge in [-0.1, -0.05) is 37.6 Å². The number of rotatable bonds is 1. The topological polar surface area (TPSA) is 20.2 Å². The van der Waals surface area contributed by atoms with Crippen LogP contribution in [0.2, 0.25) is 0 Å². The number of fused-ring (bicyclic) bond motifs is 1. The Balaban J connectivity index is 2.71. The molecule has 0 aromatic heterocycles. The second kappa shape index (κ2) is 3.58. The van der Waals surface area contributed by atoms with Crippen LogP contribution in [0.1, 0.15) is 30.9 Å². The van der Waals surface area contributed by atoms with E-state index in [0.717, 1.165) is 10.9 Å². The highest BCUT2D eigenvalue weighted by atomic mass is 16.3. The van der Waals surface area contributed by atoms with Crippen molar-refractivity contribution in [2.75, 3.05) is 0 Å². The van der Waals surface area contributed by atoms with E-state index in [1.165, 1.54) is 10.9 Å². The van der Waals surface area contributed by atoms with Gasteiger partial charge in [0.15, 0.2) is 0 Å². The van der Waals surface area contributed by atoms with Crippen LogP contribution in [0, 0.1) is 6.92 Å². The molecule has 0 aliphatic carbocycles. The highest BCUT2D eigenvalue weighted by Crippen LogP contribution is 2.30. The molecule has 15 heavy (non-hydrogen) atoms. The van der Waals surface area contributed by atoms with E-state index >= 15 is 0 Å². The molecular formula is C14H16O. The van der Waals surface area contributed by atoms with Crippen LogP contribution in [0.4, 0.5) is 0 Å². The third-order valence-corrected chi connectivity index (χ3v) is 2.76. The summed E-state index contributed by atoms with van der Waals surface area (Å²) in [4.78, 5) is 0. The quantitative estimate of drug-likeness (QED) is 0.738. The number of aryl methyl sites for hydroxylation is 1. The maximum absolute atomic E-state index is 9.87. The van der Waals surface area contributed by atoms with Gasteiger partial charge in [-0.3, -0.25) is 0 Å². The third kappa shape index (κ3) is 1.82. The van der Waals surface area contributed by atoms with Crippen LogP contribution >= 0.6 is 0 Å². The summed E-state index contributed by atoms with van der Waals surface area (Å²) in [6.45, 7) is 6.25. The van der Waals surface area contributed by atoms with Crippen LogP contribution in [-0.2, 0) is 0 Å². The van der Waals surface area contributed by atoms with Crippen molar-refractivity contribution < 1.29 is 5.11 Å². The fourth-order valence-electron chi connectivity index (χ4n) is 1.89. The molecule has 0 saturated carbocycles. The SMILES string of the molecule is Cc1ccc2cc(C(C)C)c(O)cc2c1. The summed E-state index contributed by atoms with van der Waals surface area (Å²) in [5, 5.41) is 12.2. The van der Waals surface area contributed by atoms with E-state index < -0.39 is 0 Å². The van der Waals surface area contributed by atoms with Crippen LogP contribution in [0.15, 0.2) is 30.3 Å². The molecule has 0 heterocycles. The Kier molecular flexibility index (Phi) is 2.39. The molecule has 0 fully saturated rings. The van der Waals surface area contributed by atoms with E-state index in [0.29, 0.717) is 11.7 Å². The monoisotopic (exact) mass is 200 g/mol. The van der Waals surface area contributed by atoms with E-state index in [-0.39, 0.29) is 0 Å². The zero-order valence-electron chi connectivity index (χ0n) is 9.41. The number of aromatic hydroxyl groups is 1. The summed E-state index contributed by atoms with van der Waals surface area (Å²) in [5.41, 5.74) is 2.24. The van der Waals surface area contributed by atoms with Crippen molar-refractivity contribution in [2.45, 2.75) is 26.7 Å². The molecule has 2 aromatic rings.